The van der Waals surface area contributed by atoms with Crippen molar-refractivity contribution >= 4 is 23.9 Å². The lowest BCUT2D eigenvalue weighted by atomic mass is 10.1. The number of aliphatic hydroxyl groups is 2. The molecule has 0 aromatic rings. The number of ether oxygens (including phenoxy) is 2. The van der Waals surface area contributed by atoms with Crippen LogP contribution >= 0.6 is 0 Å². The number of hydrogen-bond acceptors (Lipinski definition) is 12. The number of rotatable bonds is 13. The van der Waals surface area contributed by atoms with E-state index in [2.05, 4.69) is 9.47 Å². The molecule has 0 heterocycles. The molecule has 162 valence electrons. The fourth-order valence-corrected chi connectivity index (χ4v) is 1.98. The third kappa shape index (κ3) is 9.82. The summed E-state index contributed by atoms with van der Waals surface area (Å²) in [5.41, 5.74) is 21.7. The Labute approximate surface area is 162 Å². The minimum absolute atomic E-state index is 0.195. The number of unbranched alkanes of at least 4 members (excludes halogenated alkanes) is 2. The molecule has 0 saturated heterocycles. The van der Waals surface area contributed by atoms with Gasteiger partial charge in [0.1, 0.15) is 12.1 Å². The number of carbonyl (C=O) groups is 4. The van der Waals surface area contributed by atoms with Crippen LogP contribution in [0.1, 0.15) is 38.5 Å². The fourth-order valence-electron chi connectivity index (χ4n) is 1.98. The largest absolute Gasteiger partial charge is 0.390 e. The summed E-state index contributed by atoms with van der Waals surface area (Å²) >= 11 is 0. The SMILES string of the molecule is NCCCC[C@H](N)C(=O)OC(=O)C(O)C(O)C(=O)OC(=O)[C@@H](N)CCCCN. The molecule has 0 spiro atoms. The first kappa shape index (κ1) is 26.0. The molecule has 0 saturated carbocycles. The lowest BCUT2D eigenvalue weighted by Gasteiger charge is -2.17. The van der Waals surface area contributed by atoms with Gasteiger partial charge in [0.05, 0.1) is 0 Å². The van der Waals surface area contributed by atoms with Crippen LogP contribution in [0.15, 0.2) is 0 Å². The predicted octanol–water partition coefficient (Wildman–Crippen LogP) is -3.24. The molecule has 0 aromatic carbocycles. The van der Waals surface area contributed by atoms with E-state index in [1.807, 2.05) is 0 Å². The number of aliphatic hydroxyl groups excluding tert-OH is 2. The number of carbonyl (C=O) groups excluding carboxylic acids is 4. The van der Waals surface area contributed by atoms with E-state index in [0.717, 1.165) is 0 Å². The summed E-state index contributed by atoms with van der Waals surface area (Å²) in [6, 6.07) is -2.28. The van der Waals surface area contributed by atoms with Crippen LogP contribution < -0.4 is 22.9 Å². The second-order valence-corrected chi connectivity index (χ2v) is 6.15. The molecule has 4 atom stereocenters. The van der Waals surface area contributed by atoms with Gasteiger partial charge in [0.15, 0.2) is 12.2 Å². The molecule has 0 radical (unpaired) electrons. The molecule has 0 fully saturated rings. The Hall–Kier alpha value is -1.96. The molecule has 2 unspecified atom stereocenters. The zero-order chi connectivity index (χ0) is 21.7. The molecule has 0 aromatic heterocycles. The predicted molar refractivity (Wildman–Crippen MR) is 96.0 cm³/mol. The third-order valence-electron chi connectivity index (χ3n) is 3.73. The zero-order valence-electron chi connectivity index (χ0n) is 15.6. The van der Waals surface area contributed by atoms with E-state index in [1.54, 1.807) is 0 Å². The van der Waals surface area contributed by atoms with Gasteiger partial charge >= 0.3 is 23.9 Å². The van der Waals surface area contributed by atoms with E-state index in [-0.39, 0.29) is 12.8 Å². The van der Waals surface area contributed by atoms with Gasteiger partial charge < -0.3 is 42.6 Å². The first-order valence-electron chi connectivity index (χ1n) is 8.94. The normalized spacial score (nSPS) is 15.2. The summed E-state index contributed by atoms with van der Waals surface area (Å²) in [5.74, 6) is -5.49. The number of nitrogens with two attached hydrogens (primary N) is 4. The van der Waals surface area contributed by atoms with Crippen LogP contribution in [-0.4, -0.2) is 71.5 Å². The quantitative estimate of drug-likeness (QED) is 0.101. The van der Waals surface area contributed by atoms with Gasteiger partial charge in [-0.2, -0.15) is 0 Å². The number of hydrogen-bond donors (Lipinski definition) is 6. The smallest absolute Gasteiger partial charge is 0.346 e. The van der Waals surface area contributed by atoms with Crippen LogP contribution in [0.4, 0.5) is 0 Å². The van der Waals surface area contributed by atoms with Crippen LogP contribution in [0.2, 0.25) is 0 Å². The molecule has 12 heteroatoms. The Morgan fingerprint density at radius 1 is 0.643 bits per heavy atom. The van der Waals surface area contributed by atoms with Gasteiger partial charge in [0.25, 0.3) is 0 Å². The maximum Gasteiger partial charge on any atom is 0.346 e. The molecule has 12 nitrogen and oxygen atoms in total. The van der Waals surface area contributed by atoms with Crippen molar-refractivity contribution in [3.05, 3.63) is 0 Å². The molecular formula is C16H30N4O8. The molecule has 0 aliphatic carbocycles. The average Bonchev–Trinajstić information content (AvgIpc) is 2.66. The minimum atomic E-state index is -2.45. The molecule has 0 rings (SSSR count). The van der Waals surface area contributed by atoms with Gasteiger partial charge in [-0.05, 0) is 38.8 Å². The van der Waals surface area contributed by atoms with E-state index in [0.29, 0.717) is 38.8 Å². The van der Waals surface area contributed by atoms with Gasteiger partial charge in [0.2, 0.25) is 0 Å². The van der Waals surface area contributed by atoms with Gasteiger partial charge in [-0.25, -0.2) is 19.2 Å². The average molecular weight is 406 g/mol. The lowest BCUT2D eigenvalue weighted by molar-refractivity contribution is -0.181. The maximum atomic E-state index is 11.7. The molecular weight excluding hydrogens is 376 g/mol. The first-order chi connectivity index (χ1) is 13.1. The van der Waals surface area contributed by atoms with Crippen LogP contribution in [0.25, 0.3) is 0 Å². The molecule has 0 amide bonds. The number of esters is 4. The van der Waals surface area contributed by atoms with Crippen molar-refractivity contribution in [3.8, 4) is 0 Å². The molecule has 0 aliphatic heterocycles. The molecule has 0 aliphatic rings. The highest BCUT2D eigenvalue weighted by Gasteiger charge is 2.36. The topological polar surface area (TPSA) is 231 Å². The van der Waals surface area contributed by atoms with Crippen molar-refractivity contribution in [1.82, 2.24) is 0 Å². The lowest BCUT2D eigenvalue weighted by Crippen LogP contribution is -2.46. The minimum Gasteiger partial charge on any atom is -0.390 e. The second kappa shape index (κ2) is 14.1. The van der Waals surface area contributed by atoms with Crippen molar-refractivity contribution < 1.29 is 38.9 Å². The highest BCUT2D eigenvalue weighted by atomic mass is 16.6. The van der Waals surface area contributed by atoms with Crippen LogP contribution in [-0.2, 0) is 28.7 Å². The van der Waals surface area contributed by atoms with E-state index < -0.39 is 48.2 Å². The Kier molecular flexibility index (Phi) is 13.1. The van der Waals surface area contributed by atoms with Crippen molar-refractivity contribution in [2.45, 2.75) is 62.8 Å². The van der Waals surface area contributed by atoms with E-state index in [1.165, 1.54) is 0 Å². The van der Waals surface area contributed by atoms with Crippen LogP contribution in [0.5, 0.6) is 0 Å². The standard InChI is InChI=1S/C16H30N4O8/c17-7-3-1-5-9(19)13(23)27-15(25)11(21)12(22)16(26)28-14(24)10(20)6-2-4-8-18/h9-12,21-22H,1-8,17-20H2/t9-,10-,11?,12?/m0/s1. The summed E-state index contributed by atoms with van der Waals surface area (Å²) in [5, 5.41) is 19.3. The van der Waals surface area contributed by atoms with Crippen LogP contribution in [0.3, 0.4) is 0 Å². The van der Waals surface area contributed by atoms with Crippen molar-refractivity contribution in [1.29, 1.82) is 0 Å². The van der Waals surface area contributed by atoms with Crippen molar-refractivity contribution in [2.24, 2.45) is 22.9 Å². The summed E-state index contributed by atoms with van der Waals surface area (Å²) in [6.07, 6.45) is -2.24. The first-order valence-corrected chi connectivity index (χ1v) is 8.94. The van der Waals surface area contributed by atoms with Gasteiger partial charge in [-0.1, -0.05) is 12.8 Å². The van der Waals surface area contributed by atoms with E-state index in [4.69, 9.17) is 22.9 Å². The summed E-state index contributed by atoms with van der Waals surface area (Å²) in [4.78, 5) is 46.6. The molecule has 10 N–H and O–H groups in total. The zero-order valence-corrected chi connectivity index (χ0v) is 15.6. The van der Waals surface area contributed by atoms with Gasteiger partial charge in [0, 0.05) is 0 Å². The highest BCUT2D eigenvalue weighted by Crippen LogP contribution is 2.06. The fraction of sp³-hybridized carbons (Fsp3) is 0.750. The Balaban J connectivity index is 4.51. The van der Waals surface area contributed by atoms with Crippen molar-refractivity contribution in [3.63, 3.8) is 0 Å². The van der Waals surface area contributed by atoms with Gasteiger partial charge in [-0.15, -0.1) is 0 Å². The Morgan fingerprint density at radius 3 is 1.25 bits per heavy atom. The highest BCUT2D eigenvalue weighted by molar-refractivity contribution is 5.96. The Morgan fingerprint density at radius 2 is 0.964 bits per heavy atom. The summed E-state index contributed by atoms with van der Waals surface area (Å²) in [7, 11) is 0. The third-order valence-corrected chi connectivity index (χ3v) is 3.73. The van der Waals surface area contributed by atoms with Crippen LogP contribution in [0, 0.1) is 0 Å². The monoisotopic (exact) mass is 406 g/mol. The second-order valence-electron chi connectivity index (χ2n) is 6.15. The molecule has 0 bridgehead atoms. The summed E-state index contributed by atoms with van der Waals surface area (Å²) in [6.45, 7) is 0.812. The van der Waals surface area contributed by atoms with E-state index in [9.17, 15) is 29.4 Å². The van der Waals surface area contributed by atoms with Crippen molar-refractivity contribution in [2.75, 3.05) is 13.1 Å². The molecule has 28 heavy (non-hydrogen) atoms. The Bertz CT molecular complexity index is 485. The summed E-state index contributed by atoms with van der Waals surface area (Å²) < 4.78 is 8.64. The maximum absolute atomic E-state index is 11.7. The van der Waals surface area contributed by atoms with E-state index >= 15 is 0 Å². The van der Waals surface area contributed by atoms with Gasteiger partial charge in [-0.3, -0.25) is 0 Å².